The van der Waals surface area contributed by atoms with E-state index in [4.69, 9.17) is 9.47 Å². The Kier molecular flexibility index (Phi) is 8.26. The largest absolute Gasteiger partial charge is 0.494 e. The van der Waals surface area contributed by atoms with Gasteiger partial charge in [-0.15, -0.1) is 0 Å². The molecule has 188 valence electrons. The Hall–Kier alpha value is -4.52. The number of hydrogen-bond donors (Lipinski definition) is 0. The fourth-order valence-corrected chi connectivity index (χ4v) is 3.71. The Bertz CT molecular complexity index is 1310. The number of carbonyl (C=O) groups excluding carboxylic acids is 3. The maximum absolute atomic E-state index is 12.8. The van der Waals surface area contributed by atoms with Gasteiger partial charge in [0.2, 0.25) is 0 Å². The van der Waals surface area contributed by atoms with Crippen molar-refractivity contribution >= 4 is 29.1 Å². The monoisotopic (exact) mass is 496 g/mol. The standard InChI is InChI=1S/C30H28N2O5/c1-3-4-20-36-25-14-12-23(13-15-25)30(35)37-26-16-10-22(11-17-26)28(33)19-18-27-21(2)31-32(29(27)34)24-8-6-5-7-9-24/h5-19,27H,3-4,20H2,1-2H3/b19-18+. The van der Waals surface area contributed by atoms with Gasteiger partial charge in [0.15, 0.2) is 5.78 Å². The number of unbranched alkanes of at least 4 members (excludes halogenated alkanes) is 1. The minimum Gasteiger partial charge on any atom is -0.494 e. The van der Waals surface area contributed by atoms with E-state index in [0.717, 1.165) is 12.8 Å². The lowest BCUT2D eigenvalue weighted by molar-refractivity contribution is -0.118. The van der Waals surface area contributed by atoms with Gasteiger partial charge < -0.3 is 9.47 Å². The molecule has 0 bridgehead atoms. The van der Waals surface area contributed by atoms with E-state index in [1.54, 1.807) is 73.7 Å². The average Bonchev–Trinajstić information content (AvgIpc) is 3.21. The van der Waals surface area contributed by atoms with Crippen LogP contribution < -0.4 is 14.5 Å². The summed E-state index contributed by atoms with van der Waals surface area (Å²) in [6.07, 6.45) is 4.96. The fraction of sp³-hybridized carbons (Fsp3) is 0.200. The first kappa shape index (κ1) is 25.6. The van der Waals surface area contributed by atoms with Crippen LogP contribution in [0, 0.1) is 5.92 Å². The number of amides is 1. The fourth-order valence-electron chi connectivity index (χ4n) is 3.71. The van der Waals surface area contributed by atoms with Crippen LogP contribution in [0.5, 0.6) is 11.5 Å². The molecule has 0 spiro atoms. The molecule has 1 heterocycles. The van der Waals surface area contributed by atoms with Crippen LogP contribution in [0.4, 0.5) is 5.69 Å². The Morgan fingerprint density at radius 1 is 0.919 bits per heavy atom. The molecule has 3 aromatic rings. The number of nitrogens with zero attached hydrogens (tertiary/aromatic N) is 2. The molecule has 1 atom stereocenters. The van der Waals surface area contributed by atoms with Gasteiger partial charge in [-0.3, -0.25) is 9.59 Å². The number of hydrazone groups is 1. The molecule has 4 rings (SSSR count). The number of rotatable bonds is 10. The van der Waals surface area contributed by atoms with E-state index in [2.05, 4.69) is 12.0 Å². The van der Waals surface area contributed by atoms with Crippen molar-refractivity contribution in [3.63, 3.8) is 0 Å². The van der Waals surface area contributed by atoms with Gasteiger partial charge in [0, 0.05) is 5.56 Å². The third kappa shape index (κ3) is 6.38. The lowest BCUT2D eigenvalue weighted by Gasteiger charge is -2.12. The molecule has 0 radical (unpaired) electrons. The zero-order chi connectivity index (χ0) is 26.2. The van der Waals surface area contributed by atoms with Crippen LogP contribution in [0.3, 0.4) is 0 Å². The molecule has 37 heavy (non-hydrogen) atoms. The van der Waals surface area contributed by atoms with Crippen LogP contribution in [0.2, 0.25) is 0 Å². The topological polar surface area (TPSA) is 85.3 Å². The van der Waals surface area contributed by atoms with Gasteiger partial charge in [0.1, 0.15) is 11.5 Å². The number of allylic oxidation sites excluding steroid dienone is 1. The highest BCUT2D eigenvalue weighted by Gasteiger charge is 2.32. The predicted octanol–water partition coefficient (Wildman–Crippen LogP) is 5.86. The van der Waals surface area contributed by atoms with Crippen LogP contribution in [0.15, 0.2) is 96.1 Å². The van der Waals surface area contributed by atoms with Gasteiger partial charge in [0.05, 0.1) is 29.5 Å². The van der Waals surface area contributed by atoms with Gasteiger partial charge in [-0.25, -0.2) is 4.79 Å². The van der Waals surface area contributed by atoms with E-state index in [1.807, 2.05) is 18.2 Å². The van der Waals surface area contributed by atoms with Crippen LogP contribution in [-0.2, 0) is 4.79 Å². The highest BCUT2D eigenvalue weighted by Crippen LogP contribution is 2.24. The van der Waals surface area contributed by atoms with Gasteiger partial charge in [-0.2, -0.15) is 10.1 Å². The molecule has 0 saturated heterocycles. The lowest BCUT2D eigenvalue weighted by atomic mass is 10.0. The number of anilines is 1. The molecule has 7 nitrogen and oxygen atoms in total. The summed E-state index contributed by atoms with van der Waals surface area (Å²) in [4.78, 5) is 37.9. The zero-order valence-electron chi connectivity index (χ0n) is 20.8. The molecule has 0 N–H and O–H groups in total. The second-order valence-electron chi connectivity index (χ2n) is 8.57. The third-order valence-electron chi connectivity index (χ3n) is 5.83. The first-order chi connectivity index (χ1) is 18.0. The zero-order valence-corrected chi connectivity index (χ0v) is 20.8. The number of carbonyl (C=O) groups is 3. The van der Waals surface area contributed by atoms with E-state index in [-0.39, 0.29) is 11.7 Å². The summed E-state index contributed by atoms with van der Waals surface area (Å²) in [7, 11) is 0. The summed E-state index contributed by atoms with van der Waals surface area (Å²) in [6.45, 7) is 4.49. The number of hydrogen-bond acceptors (Lipinski definition) is 6. The molecule has 0 aliphatic carbocycles. The van der Waals surface area contributed by atoms with E-state index >= 15 is 0 Å². The van der Waals surface area contributed by atoms with Gasteiger partial charge in [0.25, 0.3) is 5.91 Å². The number of benzene rings is 3. The van der Waals surface area contributed by atoms with Crippen LogP contribution in [0.25, 0.3) is 0 Å². The number of ether oxygens (including phenoxy) is 2. The van der Waals surface area contributed by atoms with E-state index in [1.165, 1.54) is 11.1 Å². The highest BCUT2D eigenvalue weighted by molar-refractivity contribution is 6.17. The van der Waals surface area contributed by atoms with Crippen molar-refractivity contribution in [2.24, 2.45) is 11.0 Å². The summed E-state index contributed by atoms with van der Waals surface area (Å²) in [5.74, 6) is -0.564. The van der Waals surface area contributed by atoms with Gasteiger partial charge in [-0.05, 0) is 80.1 Å². The second-order valence-corrected chi connectivity index (χ2v) is 8.57. The highest BCUT2D eigenvalue weighted by atomic mass is 16.5. The molecular formula is C30H28N2O5. The van der Waals surface area contributed by atoms with Crippen molar-refractivity contribution in [1.29, 1.82) is 0 Å². The molecule has 0 fully saturated rings. The third-order valence-corrected chi connectivity index (χ3v) is 5.83. The number of esters is 1. The molecule has 7 heteroatoms. The van der Waals surface area contributed by atoms with Gasteiger partial charge >= 0.3 is 5.97 Å². The summed E-state index contributed by atoms with van der Waals surface area (Å²) < 4.78 is 11.0. The molecule has 1 aliphatic rings. The maximum atomic E-state index is 12.8. The maximum Gasteiger partial charge on any atom is 0.343 e. The molecule has 1 unspecified atom stereocenters. The SMILES string of the molecule is CCCCOc1ccc(C(=O)Oc2ccc(C(=O)/C=C/C3C(=O)N(c4ccccc4)N=C3C)cc2)cc1. The predicted molar refractivity (Wildman–Crippen MR) is 142 cm³/mol. The van der Waals surface area contributed by atoms with Crippen LogP contribution in [0.1, 0.15) is 47.4 Å². The van der Waals surface area contributed by atoms with E-state index in [9.17, 15) is 14.4 Å². The van der Waals surface area contributed by atoms with Gasteiger partial charge in [-0.1, -0.05) is 37.6 Å². The quantitative estimate of drug-likeness (QED) is 0.115. The minimum atomic E-state index is -0.604. The number of ketones is 1. The Labute approximate surface area is 216 Å². The van der Waals surface area contributed by atoms with Crippen molar-refractivity contribution in [3.8, 4) is 11.5 Å². The van der Waals surface area contributed by atoms with E-state index < -0.39 is 11.9 Å². The molecule has 0 aromatic heterocycles. The van der Waals surface area contributed by atoms with Crippen molar-refractivity contribution in [1.82, 2.24) is 0 Å². The Morgan fingerprint density at radius 3 is 2.24 bits per heavy atom. The minimum absolute atomic E-state index is 0.212. The first-order valence-corrected chi connectivity index (χ1v) is 12.2. The Morgan fingerprint density at radius 2 is 1.57 bits per heavy atom. The summed E-state index contributed by atoms with van der Waals surface area (Å²) >= 11 is 0. The smallest absolute Gasteiger partial charge is 0.343 e. The average molecular weight is 497 g/mol. The number of para-hydroxylation sites is 1. The van der Waals surface area contributed by atoms with Crippen molar-refractivity contribution < 1.29 is 23.9 Å². The summed E-state index contributed by atoms with van der Waals surface area (Å²) in [5, 5.41) is 5.69. The molecule has 0 saturated carbocycles. The Balaban J connectivity index is 1.33. The molecule has 1 amide bonds. The van der Waals surface area contributed by atoms with Crippen molar-refractivity contribution in [2.75, 3.05) is 11.6 Å². The molecular weight excluding hydrogens is 468 g/mol. The molecule has 3 aromatic carbocycles. The van der Waals surface area contributed by atoms with Crippen molar-refractivity contribution in [2.45, 2.75) is 26.7 Å². The first-order valence-electron chi connectivity index (χ1n) is 12.2. The second kappa shape index (κ2) is 11.9. The normalized spacial score (nSPS) is 15.1. The lowest BCUT2D eigenvalue weighted by Crippen LogP contribution is -2.25. The summed E-state index contributed by atoms with van der Waals surface area (Å²) in [5.41, 5.74) is 2.09. The van der Waals surface area contributed by atoms with Crippen LogP contribution in [-0.4, -0.2) is 30.0 Å². The van der Waals surface area contributed by atoms with Crippen LogP contribution >= 0.6 is 0 Å². The van der Waals surface area contributed by atoms with Crippen molar-refractivity contribution in [3.05, 3.63) is 102 Å². The summed E-state index contributed by atoms with van der Waals surface area (Å²) in [6, 6.07) is 22.2. The molecule has 1 aliphatic heterocycles. The van der Waals surface area contributed by atoms with E-state index in [0.29, 0.717) is 40.6 Å².